The molecule has 1 fully saturated rings. The van der Waals surface area contributed by atoms with Crippen molar-refractivity contribution >= 4 is 23.1 Å². The second-order valence-electron chi connectivity index (χ2n) is 5.38. The molecule has 1 rings (SSSR count). The normalized spacial score (nSPS) is 21.8. The first kappa shape index (κ1) is 15.3. The van der Waals surface area contributed by atoms with Crippen LogP contribution in [0.25, 0.3) is 0 Å². The molecule has 0 aromatic heterocycles. The third-order valence-corrected chi connectivity index (χ3v) is 4.03. The first-order chi connectivity index (χ1) is 8.34. The maximum Gasteiger partial charge on any atom is 0.237 e. The van der Waals surface area contributed by atoms with Crippen molar-refractivity contribution in [1.29, 1.82) is 0 Å². The van der Waals surface area contributed by atoms with Crippen molar-refractivity contribution < 1.29 is 9.53 Å². The number of hydrogen-bond donors (Lipinski definition) is 2. The fourth-order valence-electron chi connectivity index (χ4n) is 2.02. The fourth-order valence-corrected chi connectivity index (χ4v) is 2.12. The molecule has 0 aliphatic carbocycles. The average Bonchev–Trinajstić information content (AvgIpc) is 2.29. The number of hydrogen-bond acceptors (Lipinski definition) is 4. The third-order valence-electron chi connectivity index (χ3n) is 3.48. The summed E-state index contributed by atoms with van der Waals surface area (Å²) in [6, 6.07) is -0.299. The molecule has 1 unspecified atom stereocenters. The summed E-state index contributed by atoms with van der Waals surface area (Å²) < 4.78 is 5.28. The van der Waals surface area contributed by atoms with Crippen LogP contribution in [0.4, 0.5) is 0 Å². The van der Waals surface area contributed by atoms with Gasteiger partial charge in [-0.15, -0.1) is 0 Å². The molecule has 1 amide bonds. The van der Waals surface area contributed by atoms with E-state index in [9.17, 15) is 4.79 Å². The Morgan fingerprint density at radius 2 is 2.17 bits per heavy atom. The highest BCUT2D eigenvalue weighted by molar-refractivity contribution is 7.80. The molecular weight excluding hydrogens is 250 g/mol. The molecule has 104 valence electrons. The Hall–Kier alpha value is -0.720. The second kappa shape index (κ2) is 6.45. The average molecular weight is 273 g/mol. The molecule has 5 nitrogen and oxygen atoms in total. The highest BCUT2D eigenvalue weighted by atomic mass is 32.1. The number of morpholine rings is 1. The summed E-state index contributed by atoms with van der Waals surface area (Å²) in [5.41, 5.74) is 10.9. The lowest BCUT2D eigenvalue weighted by Gasteiger charge is -2.34. The number of amides is 1. The zero-order chi connectivity index (χ0) is 13.8. The van der Waals surface area contributed by atoms with Crippen LogP contribution in [0.1, 0.15) is 26.7 Å². The number of primary amides is 1. The summed E-state index contributed by atoms with van der Waals surface area (Å²) >= 11 is 5.04. The van der Waals surface area contributed by atoms with Crippen LogP contribution in [-0.4, -0.2) is 48.1 Å². The molecule has 18 heavy (non-hydrogen) atoms. The van der Waals surface area contributed by atoms with Gasteiger partial charge >= 0.3 is 0 Å². The smallest absolute Gasteiger partial charge is 0.237 e. The van der Waals surface area contributed by atoms with Gasteiger partial charge in [0.25, 0.3) is 0 Å². The van der Waals surface area contributed by atoms with Crippen molar-refractivity contribution in [3.8, 4) is 0 Å². The molecule has 0 bridgehead atoms. The molecule has 4 N–H and O–H groups in total. The zero-order valence-electron chi connectivity index (χ0n) is 11.1. The quantitative estimate of drug-likeness (QED) is 0.679. The van der Waals surface area contributed by atoms with Crippen LogP contribution < -0.4 is 11.5 Å². The van der Waals surface area contributed by atoms with Gasteiger partial charge in [0, 0.05) is 12.0 Å². The molecule has 0 spiro atoms. The van der Waals surface area contributed by atoms with Crippen LogP contribution in [0.5, 0.6) is 0 Å². The summed E-state index contributed by atoms with van der Waals surface area (Å²) in [6.45, 7) is 6.71. The van der Waals surface area contributed by atoms with Gasteiger partial charge in [-0.1, -0.05) is 26.1 Å². The molecule has 1 heterocycles. The fraction of sp³-hybridized carbons (Fsp3) is 0.833. The highest BCUT2D eigenvalue weighted by Gasteiger charge is 2.28. The number of nitrogens with zero attached hydrogens (tertiary/aromatic N) is 1. The van der Waals surface area contributed by atoms with Gasteiger partial charge in [0.15, 0.2) is 0 Å². The number of ether oxygens (including phenoxy) is 1. The first-order valence-corrected chi connectivity index (χ1v) is 6.66. The summed E-state index contributed by atoms with van der Waals surface area (Å²) in [4.78, 5) is 13.9. The minimum atomic E-state index is -0.316. The van der Waals surface area contributed by atoms with Crippen LogP contribution in [0.3, 0.4) is 0 Å². The van der Waals surface area contributed by atoms with Gasteiger partial charge in [-0.2, -0.15) is 0 Å². The van der Waals surface area contributed by atoms with Crippen molar-refractivity contribution in [2.75, 3.05) is 26.3 Å². The Bertz CT molecular complexity index is 320. The lowest BCUT2D eigenvalue weighted by Crippen LogP contribution is -2.52. The van der Waals surface area contributed by atoms with E-state index in [1.807, 2.05) is 13.8 Å². The van der Waals surface area contributed by atoms with E-state index in [1.54, 1.807) is 0 Å². The molecule has 1 saturated heterocycles. The number of carbonyl (C=O) groups is 1. The van der Waals surface area contributed by atoms with Crippen molar-refractivity contribution in [3.05, 3.63) is 0 Å². The number of rotatable bonds is 6. The first-order valence-electron chi connectivity index (χ1n) is 6.25. The van der Waals surface area contributed by atoms with Crippen molar-refractivity contribution in [2.45, 2.75) is 32.7 Å². The van der Waals surface area contributed by atoms with Crippen molar-refractivity contribution in [2.24, 2.45) is 16.9 Å². The van der Waals surface area contributed by atoms with Crippen molar-refractivity contribution in [1.82, 2.24) is 4.90 Å². The molecule has 1 atom stereocenters. The monoisotopic (exact) mass is 273 g/mol. The summed E-state index contributed by atoms with van der Waals surface area (Å²) in [6.07, 6.45) is 1.85. The van der Waals surface area contributed by atoms with E-state index in [4.69, 9.17) is 28.4 Å². The van der Waals surface area contributed by atoms with Crippen LogP contribution >= 0.6 is 12.2 Å². The van der Waals surface area contributed by atoms with Crippen LogP contribution in [0.2, 0.25) is 0 Å². The molecule has 1 aliphatic rings. The zero-order valence-corrected chi connectivity index (χ0v) is 12.0. The summed E-state index contributed by atoms with van der Waals surface area (Å²) in [7, 11) is 0. The molecule has 6 heteroatoms. The maximum atomic E-state index is 11.3. The van der Waals surface area contributed by atoms with E-state index in [1.165, 1.54) is 0 Å². The Balaban J connectivity index is 2.42. The lowest BCUT2D eigenvalue weighted by atomic mass is 9.88. The standard InChI is InChI=1S/C12H23N3O2S/c1-12(2,11(14)18)4-3-5-15-6-7-17-8-9(15)10(13)16/h9H,3-8H2,1-2H3,(H2,13,16)(H2,14,18). The number of thiocarbonyl (C=S) groups is 1. The number of carbonyl (C=O) groups excluding carboxylic acids is 1. The lowest BCUT2D eigenvalue weighted by molar-refractivity contribution is -0.129. The van der Waals surface area contributed by atoms with Crippen LogP contribution in [0.15, 0.2) is 0 Å². The predicted molar refractivity (Wildman–Crippen MR) is 75.2 cm³/mol. The van der Waals surface area contributed by atoms with E-state index in [-0.39, 0.29) is 17.4 Å². The maximum absolute atomic E-state index is 11.3. The van der Waals surface area contributed by atoms with Gasteiger partial charge in [-0.25, -0.2) is 0 Å². The molecule has 1 aliphatic heterocycles. The van der Waals surface area contributed by atoms with Crippen LogP contribution in [-0.2, 0) is 9.53 Å². The molecule has 0 aromatic rings. The van der Waals surface area contributed by atoms with E-state index in [2.05, 4.69) is 4.90 Å². The predicted octanol–water partition coefficient (Wildman–Crippen LogP) is 0.265. The molecule has 0 radical (unpaired) electrons. The minimum Gasteiger partial charge on any atom is -0.393 e. The van der Waals surface area contributed by atoms with Gasteiger partial charge in [0.05, 0.1) is 18.2 Å². The van der Waals surface area contributed by atoms with Gasteiger partial charge in [0.2, 0.25) is 5.91 Å². The minimum absolute atomic E-state index is 0.135. The topological polar surface area (TPSA) is 81.6 Å². The molecule has 0 saturated carbocycles. The van der Waals surface area contributed by atoms with Crippen molar-refractivity contribution in [3.63, 3.8) is 0 Å². The van der Waals surface area contributed by atoms with Gasteiger partial charge < -0.3 is 16.2 Å². The molecule has 0 aromatic carbocycles. The van der Waals surface area contributed by atoms with E-state index in [0.29, 0.717) is 18.2 Å². The third kappa shape index (κ3) is 4.19. The Morgan fingerprint density at radius 1 is 1.50 bits per heavy atom. The van der Waals surface area contributed by atoms with Gasteiger partial charge in [-0.05, 0) is 19.4 Å². The highest BCUT2D eigenvalue weighted by Crippen LogP contribution is 2.23. The largest absolute Gasteiger partial charge is 0.393 e. The van der Waals surface area contributed by atoms with Gasteiger partial charge in [-0.3, -0.25) is 9.69 Å². The van der Waals surface area contributed by atoms with E-state index < -0.39 is 0 Å². The van der Waals surface area contributed by atoms with Gasteiger partial charge in [0.1, 0.15) is 6.04 Å². The summed E-state index contributed by atoms with van der Waals surface area (Å²) in [5, 5.41) is 0. The molecular formula is C12H23N3O2S. The second-order valence-corrected chi connectivity index (χ2v) is 5.82. The Labute approximate surface area is 114 Å². The Morgan fingerprint density at radius 3 is 2.72 bits per heavy atom. The SMILES string of the molecule is CC(C)(CCCN1CCOCC1C(N)=O)C(N)=S. The van der Waals surface area contributed by atoms with Crippen LogP contribution in [0, 0.1) is 5.41 Å². The number of nitrogens with two attached hydrogens (primary N) is 2. The van der Waals surface area contributed by atoms with E-state index >= 15 is 0 Å². The van der Waals surface area contributed by atoms with E-state index in [0.717, 1.165) is 25.9 Å². The Kier molecular flexibility index (Phi) is 5.49. The summed E-state index contributed by atoms with van der Waals surface area (Å²) in [5.74, 6) is -0.316.